The summed E-state index contributed by atoms with van der Waals surface area (Å²) >= 11 is 0. The normalized spacial score (nSPS) is 14.5. The summed E-state index contributed by atoms with van der Waals surface area (Å²) in [5.41, 5.74) is 6.09. The maximum Gasteiger partial charge on any atom is 0.233 e. The highest BCUT2D eigenvalue weighted by molar-refractivity contribution is 7.92. The van der Waals surface area contributed by atoms with Crippen LogP contribution in [0.5, 0.6) is 11.5 Å². The first-order chi connectivity index (χ1) is 8.66. The van der Waals surface area contributed by atoms with Crippen molar-refractivity contribution in [3.8, 4) is 11.5 Å². The third-order valence-corrected chi connectivity index (χ3v) is 4.21. The maximum absolute atomic E-state index is 12.0. The summed E-state index contributed by atoms with van der Waals surface area (Å²) in [5, 5.41) is 0. The Hall–Kier alpha value is -1.63. The molecule has 3 N–H and O–H groups in total. The Morgan fingerprint density at radius 2 is 1.84 bits per heavy atom. The van der Waals surface area contributed by atoms with Crippen LogP contribution in [0.2, 0.25) is 0 Å². The number of benzene rings is 1. The minimum absolute atomic E-state index is 0.00782. The predicted octanol–water partition coefficient (Wildman–Crippen LogP) is 1.79. The average molecular weight is 286 g/mol. The summed E-state index contributed by atoms with van der Waals surface area (Å²) < 4.78 is 36.9. The summed E-state index contributed by atoms with van der Waals surface area (Å²) in [6.45, 7) is 5.69. The Balaban J connectivity index is 2.24. The molecule has 0 radical (unpaired) electrons. The van der Waals surface area contributed by atoms with E-state index in [1.54, 1.807) is 6.07 Å². The first-order valence-corrected chi connectivity index (χ1v) is 7.51. The Bertz CT molecular complexity index is 590. The van der Waals surface area contributed by atoms with Crippen LogP contribution in [-0.2, 0) is 10.0 Å². The lowest BCUT2D eigenvalue weighted by Crippen LogP contribution is -2.26. The van der Waals surface area contributed by atoms with Gasteiger partial charge in [-0.3, -0.25) is 4.72 Å². The Kier molecular flexibility index (Phi) is 3.25. The molecule has 1 heterocycles. The van der Waals surface area contributed by atoms with Gasteiger partial charge in [-0.1, -0.05) is 20.8 Å². The summed E-state index contributed by atoms with van der Waals surface area (Å²) in [4.78, 5) is 0. The van der Waals surface area contributed by atoms with Crippen LogP contribution < -0.4 is 19.9 Å². The fourth-order valence-corrected chi connectivity index (χ4v) is 3.54. The van der Waals surface area contributed by atoms with Crippen LogP contribution in [-0.4, -0.2) is 21.0 Å². The van der Waals surface area contributed by atoms with E-state index >= 15 is 0 Å². The molecule has 0 saturated carbocycles. The van der Waals surface area contributed by atoms with Crippen LogP contribution in [0.25, 0.3) is 0 Å². The molecular formula is C12H18N2O4S. The van der Waals surface area contributed by atoms with Gasteiger partial charge in [0.05, 0.1) is 17.1 Å². The van der Waals surface area contributed by atoms with Crippen LogP contribution in [0.3, 0.4) is 0 Å². The van der Waals surface area contributed by atoms with Crippen molar-refractivity contribution in [3.63, 3.8) is 0 Å². The molecule has 7 heteroatoms. The van der Waals surface area contributed by atoms with E-state index in [1.807, 2.05) is 20.8 Å². The highest BCUT2D eigenvalue weighted by Crippen LogP contribution is 2.38. The van der Waals surface area contributed by atoms with Crippen molar-refractivity contribution < 1.29 is 17.9 Å². The number of hydrogen-bond acceptors (Lipinski definition) is 5. The van der Waals surface area contributed by atoms with Gasteiger partial charge in [-0.05, 0) is 5.41 Å². The van der Waals surface area contributed by atoms with Crippen molar-refractivity contribution in [2.75, 3.05) is 23.0 Å². The number of nitrogens with one attached hydrogen (secondary N) is 1. The molecule has 1 aromatic carbocycles. The second-order valence-corrected chi connectivity index (χ2v) is 7.44. The third-order valence-electron chi connectivity index (χ3n) is 2.43. The number of sulfonamides is 1. The average Bonchev–Trinajstić information content (AvgIpc) is 2.60. The van der Waals surface area contributed by atoms with Crippen molar-refractivity contribution in [2.45, 2.75) is 20.8 Å². The van der Waals surface area contributed by atoms with Gasteiger partial charge >= 0.3 is 0 Å². The van der Waals surface area contributed by atoms with E-state index < -0.39 is 10.0 Å². The molecule has 0 unspecified atom stereocenters. The largest absolute Gasteiger partial charge is 0.454 e. The number of rotatable bonds is 3. The van der Waals surface area contributed by atoms with Crippen molar-refractivity contribution in [3.05, 3.63) is 12.1 Å². The lowest BCUT2D eigenvalue weighted by atomic mass is 10.0. The minimum Gasteiger partial charge on any atom is -0.454 e. The lowest BCUT2D eigenvalue weighted by Gasteiger charge is -2.19. The summed E-state index contributed by atoms with van der Waals surface area (Å²) in [6, 6.07) is 3.09. The molecule has 19 heavy (non-hydrogen) atoms. The molecule has 0 spiro atoms. The van der Waals surface area contributed by atoms with Gasteiger partial charge in [0.25, 0.3) is 0 Å². The molecule has 1 aromatic rings. The van der Waals surface area contributed by atoms with Gasteiger partial charge in [-0.2, -0.15) is 0 Å². The Labute approximate surface area is 112 Å². The first kappa shape index (κ1) is 13.8. The fourth-order valence-electron chi connectivity index (χ4n) is 1.82. The summed E-state index contributed by atoms with van der Waals surface area (Å²) in [6.07, 6.45) is 0. The zero-order valence-electron chi connectivity index (χ0n) is 11.2. The van der Waals surface area contributed by atoms with Gasteiger partial charge < -0.3 is 15.2 Å². The molecule has 0 saturated heterocycles. The lowest BCUT2D eigenvalue weighted by molar-refractivity contribution is 0.174. The zero-order chi connectivity index (χ0) is 14.3. The van der Waals surface area contributed by atoms with Gasteiger partial charge in [-0.25, -0.2) is 8.42 Å². The van der Waals surface area contributed by atoms with Crippen LogP contribution in [0.1, 0.15) is 20.8 Å². The smallest absolute Gasteiger partial charge is 0.233 e. The summed E-state index contributed by atoms with van der Waals surface area (Å²) in [5.74, 6) is 1.02. The van der Waals surface area contributed by atoms with Gasteiger partial charge in [-0.15, -0.1) is 0 Å². The molecule has 0 aromatic heterocycles. The molecule has 0 fully saturated rings. The molecule has 6 nitrogen and oxygen atoms in total. The second-order valence-electron chi connectivity index (χ2n) is 5.71. The zero-order valence-corrected chi connectivity index (χ0v) is 12.0. The highest BCUT2D eigenvalue weighted by Gasteiger charge is 2.24. The van der Waals surface area contributed by atoms with Crippen LogP contribution in [0.15, 0.2) is 12.1 Å². The van der Waals surface area contributed by atoms with Crippen molar-refractivity contribution >= 4 is 21.4 Å². The predicted molar refractivity (Wildman–Crippen MR) is 73.8 cm³/mol. The van der Waals surface area contributed by atoms with Crippen molar-refractivity contribution in [2.24, 2.45) is 5.41 Å². The molecule has 0 amide bonds. The molecule has 2 rings (SSSR count). The molecule has 1 aliphatic heterocycles. The first-order valence-electron chi connectivity index (χ1n) is 5.86. The van der Waals surface area contributed by atoms with Gasteiger partial charge in [0.2, 0.25) is 16.8 Å². The second kappa shape index (κ2) is 4.48. The van der Waals surface area contributed by atoms with Crippen LogP contribution in [0.4, 0.5) is 11.4 Å². The van der Waals surface area contributed by atoms with Crippen molar-refractivity contribution in [1.29, 1.82) is 0 Å². The van der Waals surface area contributed by atoms with Crippen LogP contribution in [0, 0.1) is 5.41 Å². The van der Waals surface area contributed by atoms with E-state index in [0.29, 0.717) is 22.9 Å². The van der Waals surface area contributed by atoms with E-state index in [1.165, 1.54) is 6.07 Å². The van der Waals surface area contributed by atoms with E-state index in [4.69, 9.17) is 15.2 Å². The number of nitrogens with two attached hydrogens (primary N) is 1. The standard InChI is InChI=1S/C12H18N2O4S/c1-12(2,3)6-19(15,16)14-9-5-11-10(4-8(9)13)17-7-18-11/h4-5,14H,6-7,13H2,1-3H3. The molecule has 0 aliphatic carbocycles. The Morgan fingerprint density at radius 1 is 1.26 bits per heavy atom. The molecule has 0 bridgehead atoms. The van der Waals surface area contributed by atoms with Gasteiger partial charge in [0.1, 0.15) is 0 Å². The minimum atomic E-state index is -3.46. The topological polar surface area (TPSA) is 90.7 Å². The quantitative estimate of drug-likeness (QED) is 0.827. The van der Waals surface area contributed by atoms with E-state index in [0.717, 1.165) is 0 Å². The number of fused-ring (bicyclic) bond motifs is 1. The number of hydrogen-bond donors (Lipinski definition) is 2. The number of anilines is 2. The monoisotopic (exact) mass is 286 g/mol. The Morgan fingerprint density at radius 3 is 2.42 bits per heavy atom. The number of ether oxygens (including phenoxy) is 2. The van der Waals surface area contributed by atoms with Gasteiger partial charge in [0, 0.05) is 12.1 Å². The summed E-state index contributed by atoms with van der Waals surface area (Å²) in [7, 11) is -3.46. The van der Waals surface area contributed by atoms with Crippen molar-refractivity contribution in [1.82, 2.24) is 0 Å². The molecule has 106 valence electrons. The SMILES string of the molecule is CC(C)(C)CS(=O)(=O)Nc1cc2c(cc1N)OCO2. The highest BCUT2D eigenvalue weighted by atomic mass is 32.2. The third kappa shape index (κ3) is 3.44. The van der Waals surface area contributed by atoms with E-state index in [9.17, 15) is 8.42 Å². The molecular weight excluding hydrogens is 268 g/mol. The van der Waals surface area contributed by atoms with E-state index in [-0.39, 0.29) is 18.0 Å². The fraction of sp³-hybridized carbons (Fsp3) is 0.500. The molecule has 1 aliphatic rings. The van der Waals surface area contributed by atoms with Gasteiger partial charge in [0.15, 0.2) is 11.5 Å². The maximum atomic E-state index is 12.0. The number of nitrogen functional groups attached to an aromatic ring is 1. The van der Waals surface area contributed by atoms with Crippen LogP contribution >= 0.6 is 0 Å². The molecule has 0 atom stereocenters. The van der Waals surface area contributed by atoms with E-state index in [2.05, 4.69) is 4.72 Å².